The summed E-state index contributed by atoms with van der Waals surface area (Å²) in [6, 6.07) is 8.11. The quantitative estimate of drug-likeness (QED) is 0.756. The van der Waals surface area contributed by atoms with Crippen LogP contribution in [0.4, 0.5) is 0 Å². The molecular formula is C22H28O2. The first-order valence-corrected chi connectivity index (χ1v) is 8.32. The number of hydrogen-bond acceptors (Lipinski definition) is 2. The first-order valence-electron chi connectivity index (χ1n) is 8.32. The molecule has 0 saturated heterocycles. The van der Waals surface area contributed by atoms with Crippen LogP contribution in [0.1, 0.15) is 53.6 Å². The Kier molecular flexibility index (Phi) is 4.80. The van der Waals surface area contributed by atoms with Crippen LogP contribution in [-0.2, 0) is 5.41 Å². The summed E-state index contributed by atoms with van der Waals surface area (Å²) in [5, 5.41) is 20.0. The minimum atomic E-state index is -0.0972. The normalized spacial score (nSPS) is 11.6. The average Bonchev–Trinajstić information content (AvgIpc) is 2.48. The van der Waals surface area contributed by atoms with Crippen molar-refractivity contribution in [3.8, 4) is 11.5 Å². The van der Waals surface area contributed by atoms with Crippen LogP contribution in [0.3, 0.4) is 0 Å². The Labute approximate surface area is 145 Å². The van der Waals surface area contributed by atoms with Crippen molar-refractivity contribution in [1.82, 2.24) is 0 Å². The first-order chi connectivity index (χ1) is 11.0. The lowest BCUT2D eigenvalue weighted by Gasteiger charge is -2.28. The molecule has 0 fully saturated rings. The third-order valence-electron chi connectivity index (χ3n) is 4.83. The summed E-state index contributed by atoms with van der Waals surface area (Å²) in [7, 11) is 0. The van der Waals surface area contributed by atoms with Gasteiger partial charge in [-0.25, -0.2) is 0 Å². The molecule has 0 saturated carbocycles. The van der Waals surface area contributed by atoms with E-state index in [9.17, 15) is 10.2 Å². The number of aryl methyl sites for hydroxylation is 4. The van der Waals surface area contributed by atoms with E-state index in [1.54, 1.807) is 0 Å². The van der Waals surface area contributed by atoms with Crippen molar-refractivity contribution >= 4 is 5.57 Å². The predicted molar refractivity (Wildman–Crippen MR) is 102 cm³/mol. The van der Waals surface area contributed by atoms with Crippen LogP contribution in [0.5, 0.6) is 11.5 Å². The highest BCUT2D eigenvalue weighted by Crippen LogP contribution is 2.37. The van der Waals surface area contributed by atoms with Crippen LogP contribution in [0, 0.1) is 27.7 Å². The van der Waals surface area contributed by atoms with Gasteiger partial charge in [-0.3, -0.25) is 0 Å². The Morgan fingerprint density at radius 3 is 1.62 bits per heavy atom. The molecule has 2 aromatic rings. The van der Waals surface area contributed by atoms with Crippen LogP contribution in [0.25, 0.3) is 5.57 Å². The highest BCUT2D eigenvalue weighted by molar-refractivity contribution is 5.67. The lowest BCUT2D eigenvalue weighted by molar-refractivity contribution is 0.464. The Morgan fingerprint density at radius 1 is 0.833 bits per heavy atom. The fourth-order valence-corrected chi connectivity index (χ4v) is 3.24. The molecule has 0 bridgehead atoms. The van der Waals surface area contributed by atoms with Crippen LogP contribution >= 0.6 is 0 Å². The van der Waals surface area contributed by atoms with Crippen molar-refractivity contribution < 1.29 is 10.2 Å². The summed E-state index contributed by atoms with van der Waals surface area (Å²) in [5.74, 6) is 0.730. The summed E-state index contributed by atoms with van der Waals surface area (Å²) in [6.45, 7) is 16.4. The largest absolute Gasteiger partial charge is 0.507 e. The molecule has 128 valence electrons. The van der Waals surface area contributed by atoms with Crippen molar-refractivity contribution in [2.45, 2.75) is 53.4 Å². The van der Waals surface area contributed by atoms with Gasteiger partial charge in [-0.05, 0) is 90.6 Å². The number of rotatable bonds is 4. The third kappa shape index (κ3) is 3.48. The molecule has 0 radical (unpaired) electrons. The maximum atomic E-state index is 10.0. The monoisotopic (exact) mass is 324 g/mol. The standard InChI is InChI=1S/C22H28O2/c1-13-8-18(9-14(2)20(13)23)17(5)12-22(6,7)19-10-15(3)21(24)16(4)11-19/h8-11,23-24H,5,12H2,1-4,6-7H3. The minimum absolute atomic E-state index is 0.0972. The van der Waals surface area contributed by atoms with Crippen molar-refractivity contribution in [1.29, 1.82) is 0 Å². The molecule has 0 amide bonds. The van der Waals surface area contributed by atoms with Crippen molar-refractivity contribution in [2.24, 2.45) is 0 Å². The molecule has 2 N–H and O–H groups in total. The van der Waals surface area contributed by atoms with Gasteiger partial charge in [0.05, 0.1) is 0 Å². The fraction of sp³-hybridized carbons (Fsp3) is 0.364. The van der Waals surface area contributed by atoms with Crippen molar-refractivity contribution in [2.75, 3.05) is 0 Å². The Bertz CT molecular complexity index is 752. The predicted octanol–water partition coefficient (Wildman–Crippen LogP) is 5.71. The van der Waals surface area contributed by atoms with Crippen LogP contribution in [0.2, 0.25) is 0 Å². The summed E-state index contributed by atoms with van der Waals surface area (Å²) < 4.78 is 0. The number of aromatic hydroxyl groups is 2. The van der Waals surface area contributed by atoms with Gasteiger partial charge >= 0.3 is 0 Å². The fourth-order valence-electron chi connectivity index (χ4n) is 3.24. The molecule has 0 aliphatic rings. The van der Waals surface area contributed by atoms with Gasteiger partial charge in [0.1, 0.15) is 11.5 Å². The van der Waals surface area contributed by atoms with E-state index in [1.165, 1.54) is 5.56 Å². The number of allylic oxidation sites excluding steroid dienone is 1. The Morgan fingerprint density at radius 2 is 1.21 bits per heavy atom. The van der Waals surface area contributed by atoms with Gasteiger partial charge in [-0.1, -0.05) is 32.6 Å². The Hall–Kier alpha value is -2.22. The molecule has 2 rings (SSSR count). The first kappa shape index (κ1) is 18.1. The molecule has 0 aliphatic carbocycles. The zero-order valence-electron chi connectivity index (χ0n) is 15.6. The SMILES string of the molecule is C=C(CC(C)(C)c1cc(C)c(O)c(C)c1)c1cc(C)c(O)c(C)c1. The summed E-state index contributed by atoms with van der Waals surface area (Å²) in [4.78, 5) is 0. The second kappa shape index (κ2) is 6.35. The van der Waals surface area contributed by atoms with Crippen LogP contribution in [0.15, 0.2) is 30.8 Å². The molecule has 0 aromatic heterocycles. The van der Waals surface area contributed by atoms with E-state index in [4.69, 9.17) is 0 Å². The number of phenolic OH excluding ortho intramolecular Hbond substituents is 2. The van der Waals surface area contributed by atoms with Gasteiger partial charge in [-0.15, -0.1) is 0 Å². The lowest BCUT2D eigenvalue weighted by Crippen LogP contribution is -2.18. The maximum Gasteiger partial charge on any atom is 0.121 e. The van der Waals surface area contributed by atoms with E-state index < -0.39 is 0 Å². The molecule has 2 nitrogen and oxygen atoms in total. The highest BCUT2D eigenvalue weighted by atomic mass is 16.3. The average molecular weight is 324 g/mol. The van der Waals surface area contributed by atoms with Crippen LogP contribution < -0.4 is 0 Å². The van der Waals surface area contributed by atoms with E-state index in [-0.39, 0.29) is 5.41 Å². The maximum absolute atomic E-state index is 10.0. The van der Waals surface area contributed by atoms with Crippen LogP contribution in [-0.4, -0.2) is 10.2 Å². The molecular weight excluding hydrogens is 296 g/mol. The zero-order chi connectivity index (χ0) is 18.2. The molecule has 0 unspecified atom stereocenters. The van der Waals surface area contributed by atoms with E-state index in [0.717, 1.165) is 39.8 Å². The Balaban J connectivity index is 2.33. The zero-order valence-corrected chi connectivity index (χ0v) is 15.6. The molecule has 0 atom stereocenters. The summed E-state index contributed by atoms with van der Waals surface area (Å²) >= 11 is 0. The summed E-state index contributed by atoms with van der Waals surface area (Å²) in [6.07, 6.45) is 0.806. The van der Waals surface area contributed by atoms with Gasteiger partial charge in [-0.2, -0.15) is 0 Å². The smallest absolute Gasteiger partial charge is 0.121 e. The lowest BCUT2D eigenvalue weighted by atomic mass is 9.77. The molecule has 0 spiro atoms. The molecule has 0 aliphatic heterocycles. The van der Waals surface area contributed by atoms with Gasteiger partial charge in [0, 0.05) is 0 Å². The third-order valence-corrected chi connectivity index (χ3v) is 4.83. The minimum Gasteiger partial charge on any atom is -0.507 e. The number of hydrogen-bond donors (Lipinski definition) is 2. The van der Waals surface area contributed by atoms with E-state index in [0.29, 0.717) is 11.5 Å². The van der Waals surface area contributed by atoms with Gasteiger partial charge in [0.2, 0.25) is 0 Å². The van der Waals surface area contributed by atoms with Gasteiger partial charge in [0.25, 0.3) is 0 Å². The van der Waals surface area contributed by atoms with Crippen molar-refractivity contribution in [3.05, 3.63) is 64.2 Å². The van der Waals surface area contributed by atoms with Gasteiger partial charge < -0.3 is 10.2 Å². The van der Waals surface area contributed by atoms with E-state index >= 15 is 0 Å². The molecule has 0 heterocycles. The summed E-state index contributed by atoms with van der Waals surface area (Å²) in [5.41, 5.74) is 6.78. The molecule has 24 heavy (non-hydrogen) atoms. The molecule has 2 aromatic carbocycles. The van der Waals surface area contributed by atoms with Crippen molar-refractivity contribution in [3.63, 3.8) is 0 Å². The second-order valence-electron chi connectivity index (χ2n) is 7.58. The van der Waals surface area contributed by atoms with E-state index in [1.807, 2.05) is 39.8 Å². The number of benzene rings is 2. The van der Waals surface area contributed by atoms with Gasteiger partial charge in [0.15, 0.2) is 0 Å². The number of phenols is 2. The second-order valence-corrected chi connectivity index (χ2v) is 7.58. The molecule has 2 heteroatoms. The van der Waals surface area contributed by atoms with E-state index in [2.05, 4.69) is 32.6 Å². The highest BCUT2D eigenvalue weighted by Gasteiger charge is 2.24. The topological polar surface area (TPSA) is 40.5 Å².